The van der Waals surface area contributed by atoms with Crippen LogP contribution >= 0.6 is 0 Å². The van der Waals surface area contributed by atoms with Gasteiger partial charge in [0.2, 0.25) is 5.91 Å². The van der Waals surface area contributed by atoms with Crippen LogP contribution in [0.25, 0.3) is 11.1 Å². The lowest BCUT2D eigenvalue weighted by Gasteiger charge is -2.09. The van der Waals surface area contributed by atoms with Crippen LogP contribution < -0.4 is 16.0 Å². The number of aromatic nitrogens is 1. The van der Waals surface area contributed by atoms with Crippen LogP contribution in [0.4, 0.5) is 0 Å². The molecule has 3 N–H and O–H groups in total. The van der Waals surface area contributed by atoms with Crippen molar-refractivity contribution in [3.8, 4) is 0 Å². The van der Waals surface area contributed by atoms with Gasteiger partial charge in [0.25, 0.3) is 10.0 Å². The topological polar surface area (TPSA) is 121 Å². The summed E-state index contributed by atoms with van der Waals surface area (Å²) in [6.07, 6.45) is 0. The van der Waals surface area contributed by atoms with Gasteiger partial charge in [-0.15, -0.1) is 4.83 Å². The molecule has 2 rings (SSSR count). The molecule has 0 atom stereocenters. The number of hydrogen-bond acceptors (Lipinski definition) is 5. The average molecular weight is 299 g/mol. The summed E-state index contributed by atoms with van der Waals surface area (Å²) >= 11 is 0. The van der Waals surface area contributed by atoms with Gasteiger partial charge in [-0.25, -0.2) is 13.2 Å². The van der Waals surface area contributed by atoms with Crippen molar-refractivity contribution in [1.82, 2.24) is 15.2 Å². The maximum atomic E-state index is 12.0. The molecular weight excluding hydrogens is 286 g/mol. The third-order valence-electron chi connectivity index (χ3n) is 2.54. The Morgan fingerprint density at radius 3 is 2.70 bits per heavy atom. The summed E-state index contributed by atoms with van der Waals surface area (Å²) in [4.78, 5) is 26.6. The number of hydrazine groups is 1. The van der Waals surface area contributed by atoms with Crippen LogP contribution in [-0.4, -0.2) is 19.3 Å². The van der Waals surface area contributed by atoms with E-state index in [0.29, 0.717) is 5.52 Å². The van der Waals surface area contributed by atoms with Crippen molar-refractivity contribution >= 4 is 27.0 Å². The summed E-state index contributed by atoms with van der Waals surface area (Å²) in [5.74, 6) is -1.48. The first-order chi connectivity index (χ1) is 9.29. The number of carbonyl (C=O) groups is 1. The number of aromatic amines is 1. The molecule has 108 valence electrons. The maximum absolute atomic E-state index is 12.0. The molecule has 0 aliphatic heterocycles. The van der Waals surface area contributed by atoms with E-state index in [0.717, 1.165) is 0 Å². The van der Waals surface area contributed by atoms with E-state index in [9.17, 15) is 18.0 Å². The van der Waals surface area contributed by atoms with E-state index in [1.807, 2.05) is 4.83 Å². The molecule has 0 radical (unpaired) electrons. The molecule has 2 aromatic rings. The largest absolute Gasteiger partial charge is 0.417 e. The Morgan fingerprint density at radius 2 is 2.05 bits per heavy atom. The predicted molar refractivity (Wildman–Crippen MR) is 70.1 cm³/mol. The Bertz CT molecular complexity index is 803. The van der Waals surface area contributed by atoms with Gasteiger partial charge in [0.05, 0.1) is 10.4 Å². The second kappa shape index (κ2) is 5.10. The second-order valence-corrected chi connectivity index (χ2v) is 6.10. The molecule has 1 heterocycles. The summed E-state index contributed by atoms with van der Waals surface area (Å²) < 4.78 is 28.7. The number of oxazole rings is 1. The first-order valence-electron chi connectivity index (χ1n) is 5.74. The smallest absolute Gasteiger partial charge is 0.408 e. The number of carbonyl (C=O) groups excluding carboxylic acids is 1. The summed E-state index contributed by atoms with van der Waals surface area (Å²) in [5.41, 5.74) is 2.60. The van der Waals surface area contributed by atoms with Gasteiger partial charge in [-0.1, -0.05) is 13.8 Å². The molecule has 8 nitrogen and oxygen atoms in total. The molecular formula is C11H13N3O5S. The number of H-pyrrole nitrogens is 1. The van der Waals surface area contributed by atoms with Gasteiger partial charge in [-0.2, -0.15) is 0 Å². The molecule has 0 saturated carbocycles. The minimum absolute atomic E-state index is 0.119. The third-order valence-corrected chi connectivity index (χ3v) is 3.78. The maximum Gasteiger partial charge on any atom is 0.417 e. The van der Waals surface area contributed by atoms with Gasteiger partial charge in [0.1, 0.15) is 0 Å². The number of sulfonamides is 1. The fourth-order valence-electron chi connectivity index (χ4n) is 1.41. The zero-order chi connectivity index (χ0) is 14.9. The van der Waals surface area contributed by atoms with Crippen LogP contribution in [0.2, 0.25) is 0 Å². The highest BCUT2D eigenvalue weighted by Gasteiger charge is 2.17. The second-order valence-electron chi connectivity index (χ2n) is 4.42. The Kier molecular flexibility index (Phi) is 3.64. The fraction of sp³-hybridized carbons (Fsp3) is 0.273. The lowest BCUT2D eigenvalue weighted by molar-refractivity contribution is -0.124. The van der Waals surface area contributed by atoms with Crippen molar-refractivity contribution in [1.29, 1.82) is 0 Å². The van der Waals surface area contributed by atoms with Gasteiger partial charge in [-0.05, 0) is 12.1 Å². The lowest BCUT2D eigenvalue weighted by Crippen LogP contribution is -2.43. The highest BCUT2D eigenvalue weighted by atomic mass is 32.2. The molecule has 0 spiro atoms. The van der Waals surface area contributed by atoms with Crippen molar-refractivity contribution in [3.63, 3.8) is 0 Å². The van der Waals surface area contributed by atoms with E-state index in [2.05, 4.69) is 10.4 Å². The number of rotatable bonds is 4. The standard InChI is InChI=1S/C11H13N3O5S/c1-6(2)10(15)13-14-20(17,18)7-3-4-8-9(5-7)19-11(16)12-8/h3-6,14H,1-2H3,(H,12,16)(H,13,15). The van der Waals surface area contributed by atoms with E-state index in [1.165, 1.54) is 18.2 Å². The molecule has 0 unspecified atom stereocenters. The predicted octanol–water partition coefficient (Wildman–Crippen LogP) is 0.0866. The molecule has 20 heavy (non-hydrogen) atoms. The normalized spacial score (nSPS) is 11.9. The molecule has 0 fully saturated rings. The minimum atomic E-state index is -3.93. The van der Waals surface area contributed by atoms with Crippen molar-refractivity contribution in [2.24, 2.45) is 5.92 Å². The number of amides is 1. The zero-order valence-corrected chi connectivity index (χ0v) is 11.6. The van der Waals surface area contributed by atoms with E-state index in [4.69, 9.17) is 4.42 Å². The van der Waals surface area contributed by atoms with E-state index in [-0.39, 0.29) is 16.4 Å². The highest BCUT2D eigenvalue weighted by molar-refractivity contribution is 7.89. The van der Waals surface area contributed by atoms with Crippen LogP contribution in [0.1, 0.15) is 13.8 Å². The SMILES string of the molecule is CC(C)C(=O)NNS(=O)(=O)c1ccc2[nH]c(=O)oc2c1. The summed E-state index contributed by atoms with van der Waals surface area (Å²) in [7, 11) is -3.93. The van der Waals surface area contributed by atoms with Gasteiger partial charge in [-0.3, -0.25) is 15.2 Å². The van der Waals surface area contributed by atoms with Crippen LogP contribution in [-0.2, 0) is 14.8 Å². The number of nitrogens with one attached hydrogen (secondary N) is 3. The van der Waals surface area contributed by atoms with Gasteiger partial charge < -0.3 is 4.42 Å². The Morgan fingerprint density at radius 1 is 1.35 bits per heavy atom. The quantitative estimate of drug-likeness (QED) is 0.691. The zero-order valence-electron chi connectivity index (χ0n) is 10.8. The molecule has 0 saturated heterocycles. The van der Waals surface area contributed by atoms with Gasteiger partial charge >= 0.3 is 5.76 Å². The molecule has 1 aromatic carbocycles. The highest BCUT2D eigenvalue weighted by Crippen LogP contribution is 2.16. The molecule has 1 amide bonds. The van der Waals surface area contributed by atoms with Gasteiger partial charge in [0, 0.05) is 12.0 Å². The van der Waals surface area contributed by atoms with Crippen LogP contribution in [0.15, 0.2) is 32.3 Å². The van der Waals surface area contributed by atoms with E-state index < -0.39 is 21.7 Å². The third kappa shape index (κ3) is 2.89. The summed E-state index contributed by atoms with van der Waals surface area (Å²) in [6.45, 7) is 3.26. The lowest BCUT2D eigenvalue weighted by atomic mass is 10.2. The monoisotopic (exact) mass is 299 g/mol. The molecule has 0 bridgehead atoms. The minimum Gasteiger partial charge on any atom is -0.408 e. The number of benzene rings is 1. The molecule has 0 aliphatic rings. The van der Waals surface area contributed by atoms with Crippen LogP contribution in [0.5, 0.6) is 0 Å². The number of fused-ring (bicyclic) bond motifs is 1. The summed E-state index contributed by atoms with van der Waals surface area (Å²) in [5, 5.41) is 0. The number of hydrogen-bond donors (Lipinski definition) is 3. The van der Waals surface area contributed by atoms with Crippen LogP contribution in [0, 0.1) is 5.92 Å². The fourth-order valence-corrected chi connectivity index (χ4v) is 2.28. The Labute approximate surface area is 114 Å². The first kappa shape index (κ1) is 14.3. The van der Waals surface area contributed by atoms with Crippen molar-refractivity contribution in [3.05, 3.63) is 28.7 Å². The molecule has 0 aliphatic carbocycles. The molecule has 1 aromatic heterocycles. The van der Waals surface area contributed by atoms with E-state index in [1.54, 1.807) is 13.8 Å². The van der Waals surface area contributed by atoms with E-state index >= 15 is 0 Å². The van der Waals surface area contributed by atoms with Crippen molar-refractivity contribution in [2.75, 3.05) is 0 Å². The van der Waals surface area contributed by atoms with Crippen molar-refractivity contribution in [2.45, 2.75) is 18.7 Å². The Hall–Kier alpha value is -2.13. The van der Waals surface area contributed by atoms with Gasteiger partial charge in [0.15, 0.2) is 5.58 Å². The van der Waals surface area contributed by atoms with Crippen LogP contribution in [0.3, 0.4) is 0 Å². The Balaban J connectivity index is 2.27. The average Bonchev–Trinajstić information content (AvgIpc) is 2.74. The molecule has 9 heteroatoms. The first-order valence-corrected chi connectivity index (χ1v) is 7.22. The summed E-state index contributed by atoms with van der Waals surface area (Å²) in [6, 6.07) is 3.88. The van der Waals surface area contributed by atoms with Crippen molar-refractivity contribution < 1.29 is 17.6 Å².